The van der Waals surface area contributed by atoms with Crippen molar-refractivity contribution in [3.05, 3.63) is 48.0 Å². The number of thiazole rings is 1. The van der Waals surface area contributed by atoms with Gasteiger partial charge in [0.25, 0.3) is 5.91 Å². The monoisotopic (exact) mass is 437 g/mol. The summed E-state index contributed by atoms with van der Waals surface area (Å²) < 4.78 is 10.9. The van der Waals surface area contributed by atoms with E-state index in [4.69, 9.17) is 14.5 Å². The lowest BCUT2D eigenvalue weighted by Crippen LogP contribution is -2.48. The molecule has 1 unspecified atom stereocenters. The summed E-state index contributed by atoms with van der Waals surface area (Å²) in [4.78, 5) is 35.7. The van der Waals surface area contributed by atoms with Gasteiger partial charge in [0.2, 0.25) is 0 Å². The molecule has 1 aromatic carbocycles. The molecule has 0 saturated heterocycles. The van der Waals surface area contributed by atoms with Crippen LogP contribution in [0.4, 0.5) is 5.69 Å². The number of aromatic nitrogens is 2. The second kappa shape index (κ2) is 8.85. The van der Waals surface area contributed by atoms with Crippen LogP contribution < -0.4 is 9.64 Å². The van der Waals surface area contributed by atoms with Crippen molar-refractivity contribution in [2.45, 2.75) is 26.8 Å². The minimum absolute atomic E-state index is 0.116. The number of esters is 1. The zero-order valence-electron chi connectivity index (χ0n) is 17.6. The number of fused-ring (bicyclic) bond motifs is 1. The Hall–Kier alpha value is -3.26. The molecule has 0 spiro atoms. The highest BCUT2D eigenvalue weighted by molar-refractivity contribution is 7.13. The van der Waals surface area contributed by atoms with E-state index < -0.39 is 12.0 Å². The van der Waals surface area contributed by atoms with Gasteiger partial charge in [0.15, 0.2) is 6.61 Å². The van der Waals surface area contributed by atoms with E-state index in [9.17, 15) is 9.59 Å². The van der Waals surface area contributed by atoms with Crippen LogP contribution in [0.2, 0.25) is 0 Å². The highest BCUT2D eigenvalue weighted by Gasteiger charge is 2.34. The van der Waals surface area contributed by atoms with Crippen molar-refractivity contribution in [3.8, 4) is 27.7 Å². The van der Waals surface area contributed by atoms with Crippen molar-refractivity contribution in [3.63, 3.8) is 0 Å². The van der Waals surface area contributed by atoms with Crippen LogP contribution >= 0.6 is 11.3 Å². The molecular weight excluding hydrogens is 414 g/mol. The van der Waals surface area contributed by atoms with Gasteiger partial charge in [0.05, 0.1) is 23.7 Å². The number of hydrogen-bond acceptors (Lipinski definition) is 7. The summed E-state index contributed by atoms with van der Waals surface area (Å²) in [6.45, 7) is 5.79. The van der Waals surface area contributed by atoms with E-state index in [-0.39, 0.29) is 18.4 Å². The molecule has 2 aromatic heterocycles. The molecule has 160 valence electrons. The summed E-state index contributed by atoms with van der Waals surface area (Å²) in [7, 11) is 0. The number of amides is 1. The minimum atomic E-state index is -0.760. The molecular formula is C23H23N3O4S. The van der Waals surface area contributed by atoms with E-state index in [0.29, 0.717) is 18.0 Å². The van der Waals surface area contributed by atoms with Crippen LogP contribution in [0.1, 0.15) is 20.8 Å². The Balaban J connectivity index is 1.64. The molecule has 0 radical (unpaired) electrons. The molecule has 7 nitrogen and oxygen atoms in total. The topological polar surface area (TPSA) is 81.6 Å². The van der Waals surface area contributed by atoms with Crippen molar-refractivity contribution < 1.29 is 19.1 Å². The molecule has 3 heterocycles. The smallest absolute Gasteiger partial charge is 0.328 e. The van der Waals surface area contributed by atoms with Crippen LogP contribution in [0.5, 0.6) is 5.75 Å². The average molecular weight is 438 g/mol. The summed E-state index contributed by atoms with van der Waals surface area (Å²) in [6.07, 6.45) is 1.73. The van der Waals surface area contributed by atoms with E-state index in [2.05, 4.69) is 4.98 Å². The third kappa shape index (κ3) is 4.44. The molecule has 1 amide bonds. The van der Waals surface area contributed by atoms with Gasteiger partial charge in [-0.3, -0.25) is 14.7 Å². The molecule has 3 aromatic rings. The molecule has 0 fully saturated rings. The van der Waals surface area contributed by atoms with Gasteiger partial charge in [-0.15, -0.1) is 11.3 Å². The lowest BCUT2D eigenvalue weighted by Gasteiger charge is -2.33. The molecule has 0 aliphatic carbocycles. The van der Waals surface area contributed by atoms with Gasteiger partial charge in [-0.05, 0) is 43.2 Å². The number of rotatable bonds is 6. The summed E-state index contributed by atoms with van der Waals surface area (Å²) in [5.41, 5.74) is 2.93. The van der Waals surface area contributed by atoms with Crippen molar-refractivity contribution >= 4 is 28.9 Å². The number of anilines is 1. The van der Waals surface area contributed by atoms with E-state index >= 15 is 0 Å². The predicted octanol–water partition coefficient (Wildman–Crippen LogP) is 4.19. The molecule has 8 heteroatoms. The van der Waals surface area contributed by atoms with Gasteiger partial charge in [-0.2, -0.15) is 0 Å². The van der Waals surface area contributed by atoms with E-state index in [0.717, 1.165) is 22.0 Å². The Kier molecular flexibility index (Phi) is 5.99. The second-order valence-electron chi connectivity index (χ2n) is 7.69. The van der Waals surface area contributed by atoms with Crippen LogP contribution in [0.25, 0.3) is 22.0 Å². The number of hydrogen-bond donors (Lipinski definition) is 0. The zero-order chi connectivity index (χ0) is 22.0. The maximum atomic E-state index is 12.6. The highest BCUT2D eigenvalue weighted by Crippen LogP contribution is 2.38. The number of carbonyl (C=O) groups is 2. The first-order chi connectivity index (χ1) is 14.9. The standard InChI is InChI=1S/C23H23N3O4S/c1-14(2)11-30-23(28)15(3)26-19-10-16(7-8-20(19)29-12-21(26)27)18-13-31-22(25-18)17-6-4-5-9-24-17/h4-10,13-15H,11-12H2,1-3H3. The number of pyridine rings is 1. The lowest BCUT2D eigenvalue weighted by atomic mass is 10.1. The maximum Gasteiger partial charge on any atom is 0.328 e. The molecule has 0 bridgehead atoms. The van der Waals surface area contributed by atoms with Crippen molar-refractivity contribution in [2.24, 2.45) is 5.92 Å². The average Bonchev–Trinajstić information content (AvgIpc) is 3.27. The van der Waals surface area contributed by atoms with Crippen molar-refractivity contribution in [1.29, 1.82) is 0 Å². The molecule has 0 N–H and O–H groups in total. The van der Waals surface area contributed by atoms with Gasteiger partial charge in [0, 0.05) is 17.1 Å². The SMILES string of the molecule is CC(C)COC(=O)C(C)N1C(=O)COc2ccc(-c3csc(-c4ccccn4)n3)cc21. The number of carbonyl (C=O) groups excluding carboxylic acids is 2. The zero-order valence-corrected chi connectivity index (χ0v) is 18.4. The van der Waals surface area contributed by atoms with Crippen molar-refractivity contribution in [1.82, 2.24) is 9.97 Å². The van der Waals surface area contributed by atoms with E-state index in [1.165, 1.54) is 16.2 Å². The van der Waals surface area contributed by atoms with Crippen LogP contribution in [0, 0.1) is 5.92 Å². The molecule has 4 rings (SSSR count). The van der Waals surface area contributed by atoms with Gasteiger partial charge >= 0.3 is 5.97 Å². The highest BCUT2D eigenvalue weighted by atomic mass is 32.1. The second-order valence-corrected chi connectivity index (χ2v) is 8.55. The Bertz CT molecular complexity index is 1100. The van der Waals surface area contributed by atoms with E-state index in [1.807, 2.05) is 49.6 Å². The fraction of sp³-hybridized carbons (Fsp3) is 0.304. The first kappa shape index (κ1) is 21.0. The Morgan fingerprint density at radius 3 is 2.81 bits per heavy atom. The third-order valence-electron chi connectivity index (χ3n) is 4.81. The maximum absolute atomic E-state index is 12.6. The number of ether oxygens (including phenoxy) is 2. The normalized spacial score (nSPS) is 14.2. The molecule has 1 atom stereocenters. The third-order valence-corrected chi connectivity index (χ3v) is 5.67. The summed E-state index contributed by atoms with van der Waals surface area (Å²) in [6, 6.07) is 10.5. The van der Waals surface area contributed by atoms with Gasteiger partial charge in [-0.1, -0.05) is 19.9 Å². The number of benzene rings is 1. The van der Waals surface area contributed by atoms with Gasteiger partial charge in [-0.25, -0.2) is 9.78 Å². The lowest BCUT2D eigenvalue weighted by molar-refractivity contribution is -0.147. The fourth-order valence-electron chi connectivity index (χ4n) is 3.24. The Labute approximate surface area is 184 Å². The first-order valence-electron chi connectivity index (χ1n) is 10.1. The van der Waals surface area contributed by atoms with Crippen LogP contribution in [0.3, 0.4) is 0 Å². The first-order valence-corrected chi connectivity index (χ1v) is 10.9. The quantitative estimate of drug-likeness (QED) is 0.538. The van der Waals surface area contributed by atoms with Crippen LogP contribution in [-0.4, -0.2) is 41.1 Å². The fourth-order valence-corrected chi connectivity index (χ4v) is 4.05. The largest absolute Gasteiger partial charge is 0.482 e. The summed E-state index contributed by atoms with van der Waals surface area (Å²) in [5, 5.41) is 2.75. The molecule has 1 aliphatic heterocycles. The predicted molar refractivity (Wildman–Crippen MR) is 119 cm³/mol. The van der Waals surface area contributed by atoms with E-state index in [1.54, 1.807) is 19.2 Å². The van der Waals surface area contributed by atoms with Crippen molar-refractivity contribution in [2.75, 3.05) is 18.1 Å². The summed E-state index contributed by atoms with van der Waals surface area (Å²) >= 11 is 1.50. The molecule has 1 aliphatic rings. The minimum Gasteiger partial charge on any atom is -0.482 e. The Morgan fingerprint density at radius 1 is 1.23 bits per heavy atom. The molecule has 0 saturated carbocycles. The summed E-state index contributed by atoms with van der Waals surface area (Å²) in [5.74, 6) is 0.0398. The van der Waals surface area contributed by atoms with Crippen LogP contribution in [0.15, 0.2) is 48.0 Å². The number of nitrogens with zero attached hydrogens (tertiary/aromatic N) is 3. The molecule has 31 heavy (non-hydrogen) atoms. The van der Waals surface area contributed by atoms with Crippen LogP contribution in [-0.2, 0) is 14.3 Å². The van der Waals surface area contributed by atoms with Gasteiger partial charge < -0.3 is 9.47 Å². The Morgan fingerprint density at radius 2 is 2.06 bits per heavy atom. The van der Waals surface area contributed by atoms with Gasteiger partial charge in [0.1, 0.15) is 16.8 Å².